The number of alkyl halides is 3. The Kier molecular flexibility index (Phi) is 2.90. The Morgan fingerprint density at radius 3 is 2.53 bits per heavy atom. The van der Waals surface area contributed by atoms with Crippen molar-refractivity contribution in [3.05, 3.63) is 24.2 Å². The zero-order chi connectivity index (χ0) is 11.7. The number of Topliss-reactive ketones (excluding diaryl/α,β-unsaturated/α-hetero) is 1. The minimum Gasteiger partial charge on any atom is -0.472 e. The molecule has 0 spiro atoms. The van der Waals surface area contributed by atoms with Crippen LogP contribution in [0.25, 0.3) is 0 Å². The number of carbonyl (C=O) groups excluding carboxylic acids is 1. The van der Waals surface area contributed by atoms with Gasteiger partial charge >= 0.3 is 6.18 Å². The molecule has 2 N–H and O–H groups in total. The molecule has 1 aromatic rings. The molecule has 0 fully saturated rings. The monoisotopic (exact) mass is 221 g/mol. The minimum atomic E-state index is -4.74. The average molecular weight is 221 g/mol. The van der Waals surface area contributed by atoms with E-state index in [4.69, 9.17) is 5.73 Å². The molecule has 1 rings (SSSR count). The molecule has 1 heterocycles. The summed E-state index contributed by atoms with van der Waals surface area (Å²) >= 11 is 0. The number of hydrogen-bond acceptors (Lipinski definition) is 3. The molecule has 0 aliphatic carbocycles. The molecule has 0 radical (unpaired) electrons. The first-order valence-corrected chi connectivity index (χ1v) is 4.15. The van der Waals surface area contributed by atoms with Gasteiger partial charge in [-0.2, -0.15) is 13.2 Å². The smallest absolute Gasteiger partial charge is 0.413 e. The first-order chi connectivity index (χ1) is 6.75. The van der Waals surface area contributed by atoms with E-state index in [0.29, 0.717) is 12.5 Å². The number of nitrogens with two attached hydrogens (primary N) is 1. The van der Waals surface area contributed by atoms with E-state index in [-0.39, 0.29) is 6.42 Å². The van der Waals surface area contributed by atoms with Crippen LogP contribution in [-0.2, 0) is 11.2 Å². The van der Waals surface area contributed by atoms with E-state index in [9.17, 15) is 18.0 Å². The highest BCUT2D eigenvalue weighted by molar-refractivity contribution is 5.90. The maximum atomic E-state index is 12.3. The Labute approximate surface area is 84.0 Å². The van der Waals surface area contributed by atoms with Crippen LogP contribution < -0.4 is 5.73 Å². The van der Waals surface area contributed by atoms with Crippen LogP contribution in [0.2, 0.25) is 0 Å². The van der Waals surface area contributed by atoms with Gasteiger partial charge in [-0.15, -0.1) is 0 Å². The maximum Gasteiger partial charge on any atom is 0.413 e. The van der Waals surface area contributed by atoms with E-state index in [1.54, 1.807) is 0 Å². The summed E-state index contributed by atoms with van der Waals surface area (Å²) in [6, 6.07) is 1.42. The van der Waals surface area contributed by atoms with Gasteiger partial charge in [-0.3, -0.25) is 4.79 Å². The fourth-order valence-electron chi connectivity index (χ4n) is 0.920. The summed E-state index contributed by atoms with van der Waals surface area (Å²) in [6.07, 6.45) is -2.63. The predicted molar refractivity (Wildman–Crippen MR) is 46.1 cm³/mol. The van der Waals surface area contributed by atoms with E-state index < -0.39 is 17.5 Å². The third-order valence-electron chi connectivity index (χ3n) is 2.11. The maximum absolute atomic E-state index is 12.3. The van der Waals surface area contributed by atoms with Crippen molar-refractivity contribution in [2.75, 3.05) is 0 Å². The highest BCUT2D eigenvalue weighted by Crippen LogP contribution is 2.29. The van der Waals surface area contributed by atoms with E-state index in [0.717, 1.165) is 0 Å². The summed E-state index contributed by atoms with van der Waals surface area (Å²) < 4.78 is 41.7. The molecule has 6 heteroatoms. The fraction of sp³-hybridized carbons (Fsp3) is 0.444. The van der Waals surface area contributed by atoms with Crippen molar-refractivity contribution in [2.24, 2.45) is 5.73 Å². The van der Waals surface area contributed by atoms with Gasteiger partial charge in [0, 0.05) is 6.42 Å². The zero-order valence-corrected chi connectivity index (χ0v) is 7.97. The highest BCUT2D eigenvalue weighted by atomic mass is 19.4. The van der Waals surface area contributed by atoms with Crippen molar-refractivity contribution in [3.8, 4) is 0 Å². The van der Waals surface area contributed by atoms with E-state index in [1.807, 2.05) is 0 Å². The number of rotatable bonds is 3. The van der Waals surface area contributed by atoms with Gasteiger partial charge < -0.3 is 10.2 Å². The SMILES string of the molecule is CC(N)(C(=O)Cc1ccoc1)C(F)(F)F. The lowest BCUT2D eigenvalue weighted by atomic mass is 9.93. The molecule has 0 amide bonds. The van der Waals surface area contributed by atoms with Crippen LogP contribution in [0.3, 0.4) is 0 Å². The third-order valence-corrected chi connectivity index (χ3v) is 2.11. The van der Waals surface area contributed by atoms with Crippen molar-refractivity contribution in [2.45, 2.75) is 25.1 Å². The van der Waals surface area contributed by atoms with Gasteiger partial charge in [-0.1, -0.05) is 0 Å². The molecule has 1 unspecified atom stereocenters. The lowest BCUT2D eigenvalue weighted by Gasteiger charge is -2.25. The summed E-state index contributed by atoms with van der Waals surface area (Å²) in [5, 5.41) is 0. The number of hydrogen-bond donors (Lipinski definition) is 1. The lowest BCUT2D eigenvalue weighted by molar-refractivity contribution is -0.185. The molecule has 0 aliphatic rings. The van der Waals surface area contributed by atoms with Crippen LogP contribution in [0.5, 0.6) is 0 Å². The Morgan fingerprint density at radius 1 is 1.53 bits per heavy atom. The van der Waals surface area contributed by atoms with Gasteiger partial charge in [0.15, 0.2) is 11.3 Å². The van der Waals surface area contributed by atoms with Crippen LogP contribution >= 0.6 is 0 Å². The summed E-state index contributed by atoms with van der Waals surface area (Å²) in [5.41, 5.74) is 2.51. The van der Waals surface area contributed by atoms with Gasteiger partial charge in [0.25, 0.3) is 0 Å². The van der Waals surface area contributed by atoms with E-state index in [2.05, 4.69) is 4.42 Å². The Balaban J connectivity index is 2.77. The topological polar surface area (TPSA) is 56.2 Å². The average Bonchev–Trinajstić information content (AvgIpc) is 2.54. The minimum absolute atomic E-state index is 0.376. The molecule has 15 heavy (non-hydrogen) atoms. The van der Waals surface area contributed by atoms with Crippen LogP contribution in [-0.4, -0.2) is 17.5 Å². The quantitative estimate of drug-likeness (QED) is 0.844. The first kappa shape index (κ1) is 11.8. The van der Waals surface area contributed by atoms with Crippen LogP contribution in [0.1, 0.15) is 12.5 Å². The summed E-state index contributed by atoms with van der Waals surface area (Å²) in [7, 11) is 0. The van der Waals surface area contributed by atoms with Gasteiger partial charge in [0.1, 0.15) is 0 Å². The summed E-state index contributed by atoms with van der Waals surface area (Å²) in [5.74, 6) is -1.09. The number of furan rings is 1. The van der Waals surface area contributed by atoms with Gasteiger partial charge in [0.05, 0.1) is 12.5 Å². The fourth-order valence-corrected chi connectivity index (χ4v) is 0.920. The van der Waals surface area contributed by atoms with Crippen LogP contribution in [0.4, 0.5) is 13.2 Å². The number of carbonyl (C=O) groups is 1. The Bertz CT molecular complexity index is 341. The van der Waals surface area contributed by atoms with E-state index in [1.165, 1.54) is 18.6 Å². The molecule has 0 bridgehead atoms. The van der Waals surface area contributed by atoms with Gasteiger partial charge in [-0.25, -0.2) is 0 Å². The molecule has 0 saturated heterocycles. The molecule has 84 valence electrons. The number of ketones is 1. The van der Waals surface area contributed by atoms with Crippen LogP contribution in [0, 0.1) is 0 Å². The Hall–Kier alpha value is -1.30. The lowest BCUT2D eigenvalue weighted by Crippen LogP contribution is -2.57. The standard InChI is InChI=1S/C9H10F3NO2/c1-8(13,9(10,11)12)7(14)4-6-2-3-15-5-6/h2-3,5H,4,13H2,1H3. The van der Waals surface area contributed by atoms with Gasteiger partial charge in [0.2, 0.25) is 0 Å². The summed E-state index contributed by atoms with van der Waals surface area (Å²) in [4.78, 5) is 11.3. The largest absolute Gasteiger partial charge is 0.472 e. The molecule has 0 aromatic carbocycles. The second kappa shape index (κ2) is 3.69. The molecular formula is C9H10F3NO2. The molecule has 3 nitrogen and oxygen atoms in total. The van der Waals surface area contributed by atoms with Crippen molar-refractivity contribution in [3.63, 3.8) is 0 Å². The van der Waals surface area contributed by atoms with Crippen molar-refractivity contribution in [1.82, 2.24) is 0 Å². The predicted octanol–water partition coefficient (Wildman–Crippen LogP) is 1.67. The first-order valence-electron chi connectivity index (χ1n) is 4.15. The zero-order valence-electron chi connectivity index (χ0n) is 7.97. The number of halogens is 3. The van der Waals surface area contributed by atoms with Gasteiger partial charge in [-0.05, 0) is 18.6 Å². The normalized spacial score (nSPS) is 16.1. The second-order valence-corrected chi connectivity index (χ2v) is 3.43. The summed E-state index contributed by atoms with van der Waals surface area (Å²) in [6.45, 7) is 0.662. The molecule has 0 aliphatic heterocycles. The van der Waals surface area contributed by atoms with Crippen molar-refractivity contribution < 1.29 is 22.4 Å². The second-order valence-electron chi connectivity index (χ2n) is 3.43. The van der Waals surface area contributed by atoms with Crippen molar-refractivity contribution in [1.29, 1.82) is 0 Å². The van der Waals surface area contributed by atoms with Crippen LogP contribution in [0.15, 0.2) is 23.0 Å². The Morgan fingerprint density at radius 2 is 2.13 bits per heavy atom. The molecule has 1 atom stereocenters. The highest BCUT2D eigenvalue weighted by Gasteiger charge is 2.53. The molecular weight excluding hydrogens is 211 g/mol. The third kappa shape index (κ3) is 2.38. The molecule has 1 aromatic heterocycles. The molecule has 0 saturated carbocycles. The van der Waals surface area contributed by atoms with E-state index >= 15 is 0 Å². The van der Waals surface area contributed by atoms with Crippen molar-refractivity contribution >= 4 is 5.78 Å².